The van der Waals surface area contributed by atoms with E-state index in [1.165, 1.54) is 23.2 Å². The van der Waals surface area contributed by atoms with Gasteiger partial charge in [-0.1, -0.05) is 30.3 Å². The number of ether oxygens (including phenoxy) is 1. The molecule has 2 aliphatic heterocycles. The fourth-order valence-electron chi connectivity index (χ4n) is 4.23. The summed E-state index contributed by atoms with van der Waals surface area (Å²) in [5.74, 6) is 0.975. The van der Waals surface area contributed by atoms with Gasteiger partial charge in [0.15, 0.2) is 0 Å². The number of fused-ring (bicyclic) bond motifs is 3. The van der Waals surface area contributed by atoms with E-state index in [1.807, 2.05) is 0 Å². The smallest absolute Gasteiger partial charge is 0.119 e. The summed E-state index contributed by atoms with van der Waals surface area (Å²) in [7, 11) is 1.75. The molecule has 0 spiro atoms. The SMILES string of the molecule is COc1ccc2c(c1)CC[C@H]1CN([C@@H](C)c3ccccc3)CCN21. The monoisotopic (exact) mass is 322 g/mol. The second-order valence-corrected chi connectivity index (χ2v) is 6.96. The van der Waals surface area contributed by atoms with E-state index in [0.29, 0.717) is 12.1 Å². The molecule has 2 aromatic rings. The van der Waals surface area contributed by atoms with Gasteiger partial charge in [0, 0.05) is 37.4 Å². The first kappa shape index (κ1) is 15.5. The number of anilines is 1. The molecule has 3 heteroatoms. The van der Waals surface area contributed by atoms with Crippen LogP contribution in [0.1, 0.15) is 30.5 Å². The summed E-state index contributed by atoms with van der Waals surface area (Å²) in [6.45, 7) is 5.73. The fourth-order valence-corrected chi connectivity index (χ4v) is 4.23. The van der Waals surface area contributed by atoms with Crippen molar-refractivity contribution in [3.05, 3.63) is 59.7 Å². The topological polar surface area (TPSA) is 15.7 Å². The molecule has 0 bridgehead atoms. The van der Waals surface area contributed by atoms with Crippen LogP contribution in [-0.4, -0.2) is 37.7 Å². The molecular formula is C21H26N2O. The van der Waals surface area contributed by atoms with Crippen LogP contribution in [0.2, 0.25) is 0 Å². The largest absolute Gasteiger partial charge is 0.497 e. The van der Waals surface area contributed by atoms with Crippen LogP contribution < -0.4 is 9.64 Å². The summed E-state index contributed by atoms with van der Waals surface area (Å²) in [5.41, 5.74) is 4.28. The lowest BCUT2D eigenvalue weighted by atomic mass is 9.92. The lowest BCUT2D eigenvalue weighted by molar-refractivity contribution is 0.165. The lowest BCUT2D eigenvalue weighted by Gasteiger charge is -2.47. The molecule has 0 radical (unpaired) electrons. The lowest BCUT2D eigenvalue weighted by Crippen LogP contribution is -2.55. The molecule has 1 fully saturated rings. The van der Waals surface area contributed by atoms with E-state index in [-0.39, 0.29) is 0 Å². The molecule has 2 heterocycles. The zero-order valence-electron chi connectivity index (χ0n) is 14.6. The van der Waals surface area contributed by atoms with Crippen LogP contribution in [0.15, 0.2) is 48.5 Å². The molecule has 2 aromatic carbocycles. The third-order valence-electron chi connectivity index (χ3n) is 5.69. The van der Waals surface area contributed by atoms with Gasteiger partial charge in [0.1, 0.15) is 5.75 Å². The van der Waals surface area contributed by atoms with Gasteiger partial charge in [-0.2, -0.15) is 0 Å². The maximum absolute atomic E-state index is 5.39. The number of hydrogen-bond donors (Lipinski definition) is 0. The summed E-state index contributed by atoms with van der Waals surface area (Å²) in [6.07, 6.45) is 2.39. The summed E-state index contributed by atoms with van der Waals surface area (Å²) in [5, 5.41) is 0. The molecule has 2 aliphatic rings. The van der Waals surface area contributed by atoms with Crippen LogP contribution in [0.3, 0.4) is 0 Å². The third-order valence-corrected chi connectivity index (χ3v) is 5.69. The van der Waals surface area contributed by atoms with Gasteiger partial charge in [-0.25, -0.2) is 0 Å². The van der Waals surface area contributed by atoms with Gasteiger partial charge in [0.05, 0.1) is 7.11 Å². The average Bonchev–Trinajstić information content (AvgIpc) is 2.67. The number of nitrogens with zero attached hydrogens (tertiary/aromatic N) is 2. The molecule has 0 unspecified atom stereocenters. The van der Waals surface area contributed by atoms with Crippen molar-refractivity contribution in [2.24, 2.45) is 0 Å². The Morgan fingerprint density at radius 1 is 1.08 bits per heavy atom. The highest BCUT2D eigenvalue weighted by Crippen LogP contribution is 2.36. The van der Waals surface area contributed by atoms with Crippen LogP contribution >= 0.6 is 0 Å². The Kier molecular flexibility index (Phi) is 4.19. The van der Waals surface area contributed by atoms with E-state index in [9.17, 15) is 0 Å². The Labute approximate surface area is 144 Å². The van der Waals surface area contributed by atoms with E-state index in [1.54, 1.807) is 7.11 Å². The number of rotatable bonds is 3. The maximum atomic E-state index is 5.39. The van der Waals surface area contributed by atoms with Crippen molar-refractivity contribution in [1.29, 1.82) is 0 Å². The van der Waals surface area contributed by atoms with Gasteiger partial charge < -0.3 is 9.64 Å². The molecule has 0 aliphatic carbocycles. The molecule has 0 amide bonds. The van der Waals surface area contributed by atoms with E-state index in [2.05, 4.69) is 65.3 Å². The Morgan fingerprint density at radius 3 is 2.71 bits per heavy atom. The molecular weight excluding hydrogens is 296 g/mol. The van der Waals surface area contributed by atoms with Gasteiger partial charge in [-0.15, -0.1) is 0 Å². The van der Waals surface area contributed by atoms with Crippen molar-refractivity contribution in [1.82, 2.24) is 4.90 Å². The van der Waals surface area contributed by atoms with Crippen LogP contribution in [0, 0.1) is 0 Å². The van der Waals surface area contributed by atoms with E-state index < -0.39 is 0 Å². The van der Waals surface area contributed by atoms with Gasteiger partial charge in [0.2, 0.25) is 0 Å². The van der Waals surface area contributed by atoms with Crippen LogP contribution in [0.25, 0.3) is 0 Å². The molecule has 2 atom stereocenters. The van der Waals surface area contributed by atoms with Crippen molar-refractivity contribution in [2.45, 2.75) is 31.8 Å². The minimum atomic E-state index is 0.491. The van der Waals surface area contributed by atoms with Crippen molar-refractivity contribution < 1.29 is 4.74 Å². The third kappa shape index (κ3) is 2.78. The van der Waals surface area contributed by atoms with Crippen molar-refractivity contribution in [3.63, 3.8) is 0 Å². The number of methoxy groups -OCH3 is 1. The first-order valence-electron chi connectivity index (χ1n) is 8.99. The Bertz CT molecular complexity index is 700. The maximum Gasteiger partial charge on any atom is 0.119 e. The number of benzene rings is 2. The first-order chi connectivity index (χ1) is 11.8. The molecule has 24 heavy (non-hydrogen) atoms. The van der Waals surface area contributed by atoms with Crippen LogP contribution in [0.4, 0.5) is 5.69 Å². The minimum absolute atomic E-state index is 0.491. The van der Waals surface area contributed by atoms with Crippen molar-refractivity contribution in [3.8, 4) is 5.75 Å². The van der Waals surface area contributed by atoms with Gasteiger partial charge in [0.25, 0.3) is 0 Å². The Morgan fingerprint density at radius 2 is 1.92 bits per heavy atom. The molecule has 0 N–H and O–H groups in total. The normalized spacial score (nSPS) is 21.8. The molecule has 4 rings (SSSR count). The van der Waals surface area contributed by atoms with Crippen LogP contribution in [0.5, 0.6) is 5.75 Å². The van der Waals surface area contributed by atoms with E-state index in [0.717, 1.165) is 31.8 Å². The van der Waals surface area contributed by atoms with Crippen molar-refractivity contribution >= 4 is 5.69 Å². The minimum Gasteiger partial charge on any atom is -0.497 e. The standard InChI is InChI=1S/C21H26N2O/c1-16(17-6-4-3-5-7-17)22-12-13-23-19(15-22)9-8-18-14-20(24-2)10-11-21(18)23/h3-7,10-11,14,16,19H,8-9,12-13,15H2,1-2H3/t16-,19-/m0/s1. The van der Waals surface area contributed by atoms with Gasteiger partial charge in [-0.05, 0) is 49.1 Å². The predicted molar refractivity (Wildman–Crippen MR) is 98.9 cm³/mol. The quantitative estimate of drug-likeness (QED) is 0.852. The van der Waals surface area contributed by atoms with Crippen LogP contribution in [-0.2, 0) is 6.42 Å². The molecule has 1 saturated heterocycles. The highest BCUT2D eigenvalue weighted by Gasteiger charge is 2.33. The molecule has 0 saturated carbocycles. The van der Waals surface area contributed by atoms with E-state index >= 15 is 0 Å². The zero-order valence-corrected chi connectivity index (χ0v) is 14.6. The number of piperazine rings is 1. The van der Waals surface area contributed by atoms with E-state index in [4.69, 9.17) is 4.74 Å². The Balaban J connectivity index is 1.51. The molecule has 0 aromatic heterocycles. The zero-order chi connectivity index (χ0) is 16.5. The number of aryl methyl sites for hydroxylation is 1. The van der Waals surface area contributed by atoms with Crippen molar-refractivity contribution in [2.75, 3.05) is 31.6 Å². The Hall–Kier alpha value is -2.00. The van der Waals surface area contributed by atoms with Gasteiger partial charge >= 0.3 is 0 Å². The summed E-state index contributed by atoms with van der Waals surface area (Å²) < 4.78 is 5.39. The van der Waals surface area contributed by atoms with Gasteiger partial charge in [-0.3, -0.25) is 4.90 Å². The summed E-state index contributed by atoms with van der Waals surface area (Å²) >= 11 is 0. The fraction of sp³-hybridized carbons (Fsp3) is 0.429. The average molecular weight is 322 g/mol. The predicted octanol–water partition coefficient (Wildman–Crippen LogP) is 3.89. The highest BCUT2D eigenvalue weighted by molar-refractivity contribution is 5.59. The number of hydrogen-bond acceptors (Lipinski definition) is 3. The first-order valence-corrected chi connectivity index (χ1v) is 8.99. The molecule has 3 nitrogen and oxygen atoms in total. The highest BCUT2D eigenvalue weighted by atomic mass is 16.5. The second-order valence-electron chi connectivity index (χ2n) is 6.96. The molecule has 126 valence electrons. The summed E-state index contributed by atoms with van der Waals surface area (Å²) in [6, 6.07) is 18.6. The summed E-state index contributed by atoms with van der Waals surface area (Å²) in [4.78, 5) is 5.26. The second kappa shape index (κ2) is 6.48.